The fourth-order valence-electron chi connectivity index (χ4n) is 3.64. The van der Waals surface area contributed by atoms with Crippen LogP contribution in [0.15, 0.2) is 53.5 Å². The lowest BCUT2D eigenvalue weighted by molar-refractivity contribution is -0.115. The van der Waals surface area contributed by atoms with Gasteiger partial charge in [-0.25, -0.2) is 4.39 Å². The van der Waals surface area contributed by atoms with E-state index in [0.29, 0.717) is 5.71 Å². The molecule has 2 aliphatic heterocycles. The van der Waals surface area contributed by atoms with E-state index in [1.54, 1.807) is 0 Å². The van der Waals surface area contributed by atoms with Gasteiger partial charge < -0.3 is 5.32 Å². The molecule has 1 saturated heterocycles. The Bertz CT molecular complexity index is 835. The number of hydrogen-bond acceptors (Lipinski definition) is 3. The summed E-state index contributed by atoms with van der Waals surface area (Å²) in [5.74, 6) is -0.293. The van der Waals surface area contributed by atoms with E-state index in [1.165, 1.54) is 12.1 Å². The minimum Gasteiger partial charge on any atom is -0.326 e. The first-order valence-electron chi connectivity index (χ1n) is 8.99. The zero-order valence-corrected chi connectivity index (χ0v) is 14.8. The Morgan fingerprint density at radius 1 is 1.08 bits per heavy atom. The van der Waals surface area contributed by atoms with Crippen molar-refractivity contribution in [2.45, 2.75) is 32.0 Å². The average molecular weight is 351 g/mol. The summed E-state index contributed by atoms with van der Waals surface area (Å²) in [4.78, 5) is 19.6. The van der Waals surface area contributed by atoms with Gasteiger partial charge in [0.05, 0.1) is 0 Å². The number of carbonyl (C=O) groups is 1. The van der Waals surface area contributed by atoms with Crippen LogP contribution in [0.2, 0.25) is 0 Å². The van der Waals surface area contributed by atoms with Crippen molar-refractivity contribution in [1.82, 2.24) is 10.2 Å². The molecule has 0 aliphatic carbocycles. The third kappa shape index (κ3) is 3.40. The van der Waals surface area contributed by atoms with Gasteiger partial charge >= 0.3 is 0 Å². The SMILES string of the molecule is Cc1ccc(C2=NC3(CCN(Cc4ccc(F)cc4)CC3)NC2=O)cc1. The lowest BCUT2D eigenvalue weighted by Crippen LogP contribution is -2.50. The van der Waals surface area contributed by atoms with Gasteiger partial charge in [0.25, 0.3) is 5.91 Å². The molecule has 2 heterocycles. The number of nitrogens with zero attached hydrogens (tertiary/aromatic N) is 2. The molecule has 26 heavy (non-hydrogen) atoms. The molecular weight excluding hydrogens is 329 g/mol. The monoisotopic (exact) mass is 351 g/mol. The topological polar surface area (TPSA) is 44.7 Å². The summed E-state index contributed by atoms with van der Waals surface area (Å²) < 4.78 is 13.0. The molecule has 0 aromatic heterocycles. The van der Waals surface area contributed by atoms with Gasteiger partial charge in [0.1, 0.15) is 17.2 Å². The van der Waals surface area contributed by atoms with Crippen molar-refractivity contribution in [2.24, 2.45) is 4.99 Å². The summed E-state index contributed by atoms with van der Waals surface area (Å²) in [6, 6.07) is 14.6. The quantitative estimate of drug-likeness (QED) is 0.924. The second-order valence-electron chi connectivity index (χ2n) is 7.21. The van der Waals surface area contributed by atoms with Gasteiger partial charge in [-0.1, -0.05) is 42.0 Å². The number of likely N-dealkylation sites (tertiary alicyclic amines) is 1. The number of piperidine rings is 1. The molecule has 4 nitrogen and oxygen atoms in total. The minimum absolute atomic E-state index is 0.0826. The number of halogens is 1. The predicted octanol–water partition coefficient (Wildman–Crippen LogP) is 3.05. The molecule has 1 N–H and O–H groups in total. The second-order valence-corrected chi connectivity index (χ2v) is 7.21. The highest BCUT2D eigenvalue weighted by Crippen LogP contribution is 2.29. The van der Waals surface area contributed by atoms with Crippen LogP contribution in [0.4, 0.5) is 4.39 Å². The molecule has 1 spiro atoms. The van der Waals surface area contributed by atoms with Gasteiger partial charge in [0.15, 0.2) is 0 Å². The molecule has 0 unspecified atom stereocenters. The Hall–Kier alpha value is -2.53. The first-order chi connectivity index (χ1) is 12.5. The van der Waals surface area contributed by atoms with Crippen molar-refractivity contribution in [3.8, 4) is 0 Å². The second kappa shape index (κ2) is 6.65. The van der Waals surface area contributed by atoms with Gasteiger partial charge in [-0.15, -0.1) is 0 Å². The fraction of sp³-hybridized carbons (Fsp3) is 0.333. The lowest BCUT2D eigenvalue weighted by Gasteiger charge is -2.37. The van der Waals surface area contributed by atoms with Crippen LogP contribution >= 0.6 is 0 Å². The number of hydrogen-bond donors (Lipinski definition) is 1. The van der Waals surface area contributed by atoms with Crippen LogP contribution < -0.4 is 5.32 Å². The molecule has 4 rings (SSSR count). The van der Waals surface area contributed by atoms with Crippen molar-refractivity contribution in [1.29, 1.82) is 0 Å². The largest absolute Gasteiger partial charge is 0.326 e. The zero-order chi connectivity index (χ0) is 18.1. The van der Waals surface area contributed by atoms with Gasteiger partial charge in [-0.3, -0.25) is 14.7 Å². The highest BCUT2D eigenvalue weighted by Gasteiger charge is 2.41. The maximum atomic E-state index is 13.0. The third-order valence-electron chi connectivity index (χ3n) is 5.21. The Morgan fingerprint density at radius 3 is 2.38 bits per heavy atom. The summed E-state index contributed by atoms with van der Waals surface area (Å²) in [6.07, 6.45) is 1.57. The molecule has 5 heteroatoms. The number of carbonyl (C=O) groups excluding carboxylic acids is 1. The third-order valence-corrected chi connectivity index (χ3v) is 5.21. The van der Waals surface area contributed by atoms with Crippen LogP contribution in [0.1, 0.15) is 29.5 Å². The zero-order valence-electron chi connectivity index (χ0n) is 14.8. The lowest BCUT2D eigenvalue weighted by atomic mass is 9.97. The highest BCUT2D eigenvalue weighted by molar-refractivity contribution is 6.46. The molecule has 1 fully saturated rings. The summed E-state index contributed by atoms with van der Waals surface area (Å²) in [7, 11) is 0. The Morgan fingerprint density at radius 2 is 1.73 bits per heavy atom. The summed E-state index contributed by atoms with van der Waals surface area (Å²) in [5.41, 5.74) is 3.20. The molecule has 134 valence electrons. The molecular formula is C21H22FN3O. The van der Waals surface area contributed by atoms with Gasteiger partial charge in [-0.05, 0) is 24.6 Å². The van der Waals surface area contributed by atoms with E-state index in [1.807, 2.05) is 43.3 Å². The molecule has 0 bridgehead atoms. The number of rotatable bonds is 3. The van der Waals surface area contributed by atoms with Crippen LogP contribution in [-0.4, -0.2) is 35.3 Å². The van der Waals surface area contributed by atoms with Gasteiger partial charge in [0.2, 0.25) is 0 Å². The van der Waals surface area contributed by atoms with Crippen molar-refractivity contribution in [3.05, 3.63) is 71.0 Å². The van der Waals surface area contributed by atoms with Gasteiger partial charge in [0, 0.05) is 38.0 Å². The van der Waals surface area contributed by atoms with E-state index in [2.05, 4.69) is 10.2 Å². The Kier molecular flexibility index (Phi) is 4.32. The van der Waals surface area contributed by atoms with E-state index in [-0.39, 0.29) is 11.7 Å². The minimum atomic E-state index is -0.476. The Balaban J connectivity index is 1.44. The number of amides is 1. The van der Waals surface area contributed by atoms with E-state index < -0.39 is 5.66 Å². The van der Waals surface area contributed by atoms with E-state index in [0.717, 1.165) is 49.2 Å². The summed E-state index contributed by atoms with van der Waals surface area (Å²) >= 11 is 0. The molecule has 1 amide bonds. The summed E-state index contributed by atoms with van der Waals surface area (Å²) in [6.45, 7) is 4.52. The number of nitrogens with one attached hydrogen (secondary N) is 1. The predicted molar refractivity (Wildman–Crippen MR) is 99.5 cm³/mol. The van der Waals surface area contributed by atoms with Crippen LogP contribution in [-0.2, 0) is 11.3 Å². The van der Waals surface area contributed by atoms with Crippen molar-refractivity contribution in [3.63, 3.8) is 0 Å². The first kappa shape index (κ1) is 16.9. The van der Waals surface area contributed by atoms with Crippen LogP contribution in [0.5, 0.6) is 0 Å². The van der Waals surface area contributed by atoms with Gasteiger partial charge in [-0.2, -0.15) is 0 Å². The van der Waals surface area contributed by atoms with E-state index >= 15 is 0 Å². The first-order valence-corrected chi connectivity index (χ1v) is 8.99. The maximum absolute atomic E-state index is 13.0. The Labute approximate surface area is 152 Å². The number of benzene rings is 2. The highest BCUT2D eigenvalue weighted by atomic mass is 19.1. The van der Waals surface area contributed by atoms with Crippen molar-refractivity contribution >= 4 is 11.6 Å². The van der Waals surface area contributed by atoms with Crippen LogP contribution in [0.3, 0.4) is 0 Å². The molecule has 0 atom stereocenters. The van der Waals surface area contributed by atoms with Crippen molar-refractivity contribution < 1.29 is 9.18 Å². The standard InChI is InChI=1S/C21H22FN3O/c1-15-2-6-17(7-3-15)19-20(26)24-21(23-19)10-12-25(13-11-21)14-16-4-8-18(22)9-5-16/h2-9H,10-14H2,1H3,(H,24,26). The fourth-order valence-corrected chi connectivity index (χ4v) is 3.64. The smallest absolute Gasteiger partial charge is 0.272 e. The summed E-state index contributed by atoms with van der Waals surface area (Å²) in [5, 5.41) is 3.11. The van der Waals surface area contributed by atoms with Crippen LogP contribution in [0.25, 0.3) is 0 Å². The number of aryl methyl sites for hydroxylation is 1. The van der Waals surface area contributed by atoms with E-state index in [4.69, 9.17) is 4.99 Å². The maximum Gasteiger partial charge on any atom is 0.272 e. The van der Waals surface area contributed by atoms with Crippen molar-refractivity contribution in [2.75, 3.05) is 13.1 Å². The molecule has 0 saturated carbocycles. The molecule has 2 aliphatic rings. The average Bonchev–Trinajstić information content (AvgIpc) is 2.96. The molecule has 2 aromatic carbocycles. The molecule has 2 aromatic rings. The molecule has 0 radical (unpaired) electrons. The number of aliphatic imine (C=N–C) groups is 1. The van der Waals surface area contributed by atoms with Crippen LogP contribution in [0, 0.1) is 12.7 Å². The van der Waals surface area contributed by atoms with E-state index in [9.17, 15) is 9.18 Å². The normalized spacial score (nSPS) is 19.5.